The second-order valence-electron chi connectivity index (χ2n) is 16.8. The highest BCUT2D eigenvalue weighted by Crippen LogP contribution is 2.41. The number of hydrogen-bond donors (Lipinski definition) is 0. The van der Waals surface area contributed by atoms with Gasteiger partial charge in [0.15, 0.2) is 0 Å². The second kappa shape index (κ2) is 11.8. The van der Waals surface area contributed by atoms with Gasteiger partial charge in [0.1, 0.15) is 0 Å². The van der Waals surface area contributed by atoms with Crippen LogP contribution in [-0.4, -0.2) is 35.1 Å². The molecule has 4 nitrogen and oxygen atoms in total. The molecule has 0 saturated carbocycles. The molecule has 0 amide bonds. The number of rotatable bonds is 5. The Kier molecular flexibility index (Phi) is 7.19. The maximum atomic E-state index is 5.46. The van der Waals surface area contributed by atoms with Crippen molar-refractivity contribution < 1.29 is 0 Å². The van der Waals surface area contributed by atoms with Crippen molar-refractivity contribution in [2.24, 2.45) is 0 Å². The van der Waals surface area contributed by atoms with E-state index in [1.54, 1.807) is 0 Å². The molecule has 0 fully saturated rings. The van der Waals surface area contributed by atoms with Crippen LogP contribution in [0.2, 0.25) is 39.3 Å². The first kappa shape index (κ1) is 32.8. The zero-order chi connectivity index (χ0) is 36.9. The average Bonchev–Trinajstić information content (AvgIpc) is 3.74. The van der Waals surface area contributed by atoms with Crippen LogP contribution in [0.3, 0.4) is 0 Å². The summed E-state index contributed by atoms with van der Waals surface area (Å²) in [5, 5.41) is 10.2. The smallest absolute Gasteiger partial charge is 0.235 e. The molecular formula is C48H42N4Si2. The summed E-state index contributed by atoms with van der Waals surface area (Å²) in [4.78, 5) is 10.9. The van der Waals surface area contributed by atoms with Crippen LogP contribution in [0.1, 0.15) is 0 Å². The summed E-state index contributed by atoms with van der Waals surface area (Å²) in [5.41, 5.74) is 9.77. The molecule has 0 atom stereocenters. The molecule has 4 aromatic heterocycles. The first-order valence-electron chi connectivity index (χ1n) is 18.9. The summed E-state index contributed by atoms with van der Waals surface area (Å²) in [7, 11) is -2.94. The molecule has 0 bridgehead atoms. The minimum Gasteiger partial charge on any atom is -0.307 e. The molecule has 4 heterocycles. The Bertz CT molecular complexity index is 3030. The molecule has 0 saturated heterocycles. The van der Waals surface area contributed by atoms with Crippen LogP contribution in [-0.2, 0) is 0 Å². The molecule has 0 radical (unpaired) electrons. The van der Waals surface area contributed by atoms with Crippen LogP contribution in [0, 0.1) is 0 Å². The van der Waals surface area contributed by atoms with Crippen molar-refractivity contribution >= 4 is 86.4 Å². The Morgan fingerprint density at radius 2 is 0.889 bits per heavy atom. The maximum Gasteiger partial charge on any atom is 0.235 e. The lowest BCUT2D eigenvalue weighted by Crippen LogP contribution is -2.37. The van der Waals surface area contributed by atoms with Gasteiger partial charge in [-0.2, -0.15) is 0 Å². The SMILES string of the molecule is C[Si](C)(C)c1ccc(-c2cc(-c3ccc([Si](C)(C)C)cc3)nc(-n3c4ccccc4c4ccc5cc6c7ccccc7c7ccccc7n6c5c43)n2)cc1. The average molecular weight is 731 g/mol. The molecule has 0 aliphatic heterocycles. The van der Waals surface area contributed by atoms with E-state index in [9.17, 15) is 0 Å². The number of benzene rings is 6. The van der Waals surface area contributed by atoms with Gasteiger partial charge in [-0.15, -0.1) is 0 Å². The molecule has 0 aliphatic rings. The Morgan fingerprint density at radius 1 is 0.407 bits per heavy atom. The molecule has 10 rings (SSSR count). The minimum atomic E-state index is -1.47. The van der Waals surface area contributed by atoms with E-state index in [0.29, 0.717) is 5.95 Å². The fourth-order valence-corrected chi connectivity index (χ4v) is 10.7. The quantitative estimate of drug-likeness (QED) is 0.131. The number of fused-ring (bicyclic) bond motifs is 12. The fraction of sp³-hybridized carbons (Fsp3) is 0.125. The molecule has 10 aromatic rings. The third kappa shape index (κ3) is 5.08. The van der Waals surface area contributed by atoms with Gasteiger partial charge in [-0.05, 0) is 29.7 Å². The third-order valence-corrected chi connectivity index (χ3v) is 15.4. The van der Waals surface area contributed by atoms with Gasteiger partial charge in [0, 0.05) is 38.1 Å². The van der Waals surface area contributed by atoms with Crippen LogP contribution in [0.5, 0.6) is 0 Å². The molecule has 6 aromatic carbocycles. The lowest BCUT2D eigenvalue weighted by molar-refractivity contribution is 0.996. The molecule has 0 spiro atoms. The standard InChI is InChI=1S/C48H42N4Si2/c1-53(2,3)34-24-19-31(20-25-34)41-30-42(32-21-26-35(27-22-32)54(4,5)6)50-48(49-41)52-44-18-12-10-16-39(44)40-28-23-33-29-45-38-15-8-7-13-36(38)37-14-9-11-17-43(37)51(45)46(33)47(40)52/h7-30H,1-6H3. The van der Waals surface area contributed by atoms with Gasteiger partial charge in [0.25, 0.3) is 0 Å². The Balaban J connectivity index is 1.33. The van der Waals surface area contributed by atoms with E-state index in [-0.39, 0.29) is 0 Å². The van der Waals surface area contributed by atoms with Crippen molar-refractivity contribution in [3.8, 4) is 28.5 Å². The molecular weight excluding hydrogens is 689 g/mol. The van der Waals surface area contributed by atoms with Crippen molar-refractivity contribution in [3.63, 3.8) is 0 Å². The number of nitrogens with zero attached hydrogens (tertiary/aromatic N) is 4. The largest absolute Gasteiger partial charge is 0.307 e. The molecule has 0 unspecified atom stereocenters. The van der Waals surface area contributed by atoms with Crippen molar-refractivity contribution in [3.05, 3.63) is 146 Å². The first-order valence-corrected chi connectivity index (χ1v) is 25.9. The van der Waals surface area contributed by atoms with Gasteiger partial charge in [0.2, 0.25) is 5.95 Å². The summed E-state index contributed by atoms with van der Waals surface area (Å²) >= 11 is 0. The first-order chi connectivity index (χ1) is 26.0. The molecule has 6 heteroatoms. The Morgan fingerprint density at radius 3 is 1.44 bits per heavy atom. The summed E-state index contributed by atoms with van der Waals surface area (Å²) in [6, 6.07) is 53.6. The predicted molar refractivity (Wildman–Crippen MR) is 237 cm³/mol. The van der Waals surface area contributed by atoms with Crippen LogP contribution < -0.4 is 10.4 Å². The van der Waals surface area contributed by atoms with Gasteiger partial charge in [0.05, 0.1) is 55.1 Å². The second-order valence-corrected chi connectivity index (χ2v) is 26.9. The monoisotopic (exact) mass is 730 g/mol. The number of aromatic nitrogens is 4. The molecule has 0 aliphatic carbocycles. The van der Waals surface area contributed by atoms with E-state index in [2.05, 4.69) is 194 Å². The predicted octanol–water partition coefficient (Wildman–Crippen LogP) is 11.7. The lowest BCUT2D eigenvalue weighted by atomic mass is 10.1. The van der Waals surface area contributed by atoms with E-state index in [1.807, 2.05) is 0 Å². The van der Waals surface area contributed by atoms with Crippen LogP contribution >= 0.6 is 0 Å². The van der Waals surface area contributed by atoms with Gasteiger partial charge >= 0.3 is 0 Å². The minimum absolute atomic E-state index is 0.671. The maximum absolute atomic E-state index is 5.46. The fourth-order valence-electron chi connectivity index (χ4n) is 8.35. The zero-order valence-electron chi connectivity index (χ0n) is 31.6. The zero-order valence-corrected chi connectivity index (χ0v) is 33.6. The van der Waals surface area contributed by atoms with Crippen molar-refractivity contribution in [1.29, 1.82) is 0 Å². The summed E-state index contributed by atoms with van der Waals surface area (Å²) in [6.07, 6.45) is 0. The van der Waals surface area contributed by atoms with Crippen LogP contribution in [0.25, 0.3) is 88.4 Å². The van der Waals surface area contributed by atoms with Gasteiger partial charge in [-0.25, -0.2) is 9.97 Å². The summed E-state index contributed by atoms with van der Waals surface area (Å²) in [5.74, 6) is 0.671. The highest BCUT2D eigenvalue weighted by molar-refractivity contribution is 6.89. The van der Waals surface area contributed by atoms with Crippen molar-refractivity contribution in [1.82, 2.24) is 18.9 Å². The van der Waals surface area contributed by atoms with Gasteiger partial charge in [-0.1, -0.05) is 171 Å². The Labute approximate surface area is 317 Å². The third-order valence-electron chi connectivity index (χ3n) is 11.2. The molecule has 54 heavy (non-hydrogen) atoms. The van der Waals surface area contributed by atoms with Crippen LogP contribution in [0.4, 0.5) is 0 Å². The van der Waals surface area contributed by atoms with E-state index >= 15 is 0 Å². The topological polar surface area (TPSA) is 35.1 Å². The highest BCUT2D eigenvalue weighted by Gasteiger charge is 2.23. The van der Waals surface area contributed by atoms with Crippen molar-refractivity contribution in [2.45, 2.75) is 39.3 Å². The van der Waals surface area contributed by atoms with Crippen LogP contribution in [0.15, 0.2) is 146 Å². The summed E-state index contributed by atoms with van der Waals surface area (Å²) < 4.78 is 4.79. The molecule has 262 valence electrons. The number of hydrogen-bond acceptors (Lipinski definition) is 2. The van der Waals surface area contributed by atoms with E-state index in [0.717, 1.165) is 39.1 Å². The summed E-state index contributed by atoms with van der Waals surface area (Å²) in [6.45, 7) is 14.4. The van der Waals surface area contributed by atoms with E-state index in [1.165, 1.54) is 53.7 Å². The van der Waals surface area contributed by atoms with E-state index in [4.69, 9.17) is 9.97 Å². The van der Waals surface area contributed by atoms with E-state index < -0.39 is 16.1 Å². The normalized spacial score (nSPS) is 12.6. The van der Waals surface area contributed by atoms with Gasteiger partial charge in [-0.3, -0.25) is 4.57 Å². The number of para-hydroxylation sites is 2. The Hall–Kier alpha value is -5.83. The number of pyridine rings is 1. The van der Waals surface area contributed by atoms with Crippen molar-refractivity contribution in [2.75, 3.05) is 0 Å². The lowest BCUT2D eigenvalue weighted by Gasteiger charge is -2.18. The molecule has 0 N–H and O–H groups in total. The highest BCUT2D eigenvalue weighted by atomic mass is 28.3. The van der Waals surface area contributed by atoms with Gasteiger partial charge < -0.3 is 4.40 Å².